The van der Waals surface area contributed by atoms with Gasteiger partial charge in [-0.1, -0.05) is 0 Å². The monoisotopic (exact) mass is 330 g/mol. The van der Waals surface area contributed by atoms with Gasteiger partial charge in [0.15, 0.2) is 5.78 Å². The summed E-state index contributed by atoms with van der Waals surface area (Å²) in [5, 5.41) is 23.1. The second-order valence-corrected chi connectivity index (χ2v) is 7.41. The zero-order chi connectivity index (χ0) is 16.9. The van der Waals surface area contributed by atoms with Gasteiger partial charge in [0, 0.05) is 43.1 Å². The van der Waals surface area contributed by atoms with Gasteiger partial charge in [-0.15, -0.1) is 0 Å². The number of hydrogen-bond acceptors (Lipinski definition) is 5. The van der Waals surface area contributed by atoms with E-state index in [0.717, 1.165) is 11.3 Å². The van der Waals surface area contributed by atoms with Crippen LogP contribution in [0.1, 0.15) is 35.2 Å². The molecule has 2 heterocycles. The minimum Gasteiger partial charge on any atom is -0.393 e. The van der Waals surface area contributed by atoms with Crippen molar-refractivity contribution in [1.82, 2.24) is 4.90 Å². The quantitative estimate of drug-likeness (QED) is 0.705. The first-order chi connectivity index (χ1) is 11.4. The predicted molar refractivity (Wildman–Crippen MR) is 87.8 cm³/mol. The van der Waals surface area contributed by atoms with Gasteiger partial charge in [0.25, 0.3) is 0 Å². The molecule has 0 aromatic heterocycles. The molecule has 1 aromatic rings. The van der Waals surface area contributed by atoms with Crippen molar-refractivity contribution in [2.75, 3.05) is 25.0 Å². The number of aliphatic hydroxyl groups is 2. The van der Waals surface area contributed by atoms with Gasteiger partial charge in [0.1, 0.15) is 0 Å². The number of aryl methyl sites for hydroxylation is 1. The third-order valence-corrected chi connectivity index (χ3v) is 5.57. The van der Waals surface area contributed by atoms with Gasteiger partial charge in [-0.2, -0.15) is 0 Å². The van der Waals surface area contributed by atoms with E-state index in [1.54, 1.807) is 12.1 Å². The summed E-state index contributed by atoms with van der Waals surface area (Å²) in [7, 11) is 0. The molecule has 128 valence electrons. The summed E-state index contributed by atoms with van der Waals surface area (Å²) < 4.78 is 0. The molecule has 1 amide bonds. The summed E-state index contributed by atoms with van der Waals surface area (Å²) in [6, 6.07) is 5.41. The molecule has 1 aromatic carbocycles. The van der Waals surface area contributed by atoms with Gasteiger partial charge in [-0.3, -0.25) is 14.5 Å². The number of likely N-dealkylation sites (tertiary alicyclic amines) is 1. The molecule has 0 bridgehead atoms. The van der Waals surface area contributed by atoms with Crippen molar-refractivity contribution in [2.24, 2.45) is 5.92 Å². The summed E-state index contributed by atoms with van der Waals surface area (Å²) >= 11 is 0. The van der Waals surface area contributed by atoms with Crippen LogP contribution in [0.2, 0.25) is 0 Å². The van der Waals surface area contributed by atoms with Crippen LogP contribution in [0.25, 0.3) is 0 Å². The van der Waals surface area contributed by atoms with Gasteiger partial charge >= 0.3 is 0 Å². The number of benzene rings is 1. The number of β-amino-alcohol motifs (C(OH)–C–C–N with tert-alkyl or cyclic N) is 1. The number of ketones is 1. The van der Waals surface area contributed by atoms with Crippen LogP contribution in [0.5, 0.6) is 0 Å². The van der Waals surface area contributed by atoms with Gasteiger partial charge in [0.05, 0.1) is 18.2 Å². The van der Waals surface area contributed by atoms with E-state index in [1.807, 2.05) is 11.0 Å². The third kappa shape index (κ3) is 2.75. The SMILES string of the molecule is O=C1CCc2cc(C(=O)CN3C[C@H]4C[C@@H](O)C[C@@]4(O)C3)ccc2N1. The molecule has 24 heavy (non-hydrogen) atoms. The highest BCUT2D eigenvalue weighted by atomic mass is 16.3. The first-order valence-corrected chi connectivity index (χ1v) is 8.52. The van der Waals surface area contributed by atoms with Crippen molar-refractivity contribution in [3.63, 3.8) is 0 Å². The molecule has 3 atom stereocenters. The predicted octanol–water partition coefficient (Wildman–Crippen LogP) is 0.572. The van der Waals surface area contributed by atoms with Crippen molar-refractivity contribution in [3.05, 3.63) is 29.3 Å². The first-order valence-electron chi connectivity index (χ1n) is 8.52. The van der Waals surface area contributed by atoms with E-state index >= 15 is 0 Å². The van der Waals surface area contributed by atoms with Crippen molar-refractivity contribution in [3.8, 4) is 0 Å². The Labute approximate surface area is 140 Å². The number of Topliss-reactive ketones (excluding diaryl/α,β-unsaturated/α-hetero) is 1. The summed E-state index contributed by atoms with van der Waals surface area (Å²) in [5.74, 6) is 0.0958. The number of carbonyl (C=O) groups is 2. The molecule has 2 aliphatic heterocycles. The topological polar surface area (TPSA) is 89.9 Å². The van der Waals surface area contributed by atoms with E-state index in [0.29, 0.717) is 44.3 Å². The Balaban J connectivity index is 1.43. The Bertz CT molecular complexity index is 704. The maximum Gasteiger partial charge on any atom is 0.224 e. The van der Waals surface area contributed by atoms with Crippen LogP contribution in [0, 0.1) is 5.92 Å². The molecule has 0 unspecified atom stereocenters. The number of carbonyl (C=O) groups excluding carboxylic acids is 2. The molecule has 0 radical (unpaired) electrons. The van der Waals surface area contributed by atoms with Crippen molar-refractivity contribution in [2.45, 2.75) is 37.4 Å². The Morgan fingerprint density at radius 2 is 2.21 bits per heavy atom. The number of anilines is 1. The zero-order valence-corrected chi connectivity index (χ0v) is 13.5. The van der Waals surface area contributed by atoms with Crippen LogP contribution in [0.15, 0.2) is 18.2 Å². The summed E-state index contributed by atoms with van der Waals surface area (Å²) in [5.41, 5.74) is 1.59. The maximum absolute atomic E-state index is 12.6. The second-order valence-electron chi connectivity index (χ2n) is 7.41. The Hall–Kier alpha value is -1.76. The lowest BCUT2D eigenvalue weighted by molar-refractivity contribution is -0.116. The lowest BCUT2D eigenvalue weighted by Gasteiger charge is -2.22. The van der Waals surface area contributed by atoms with Gasteiger partial charge < -0.3 is 15.5 Å². The van der Waals surface area contributed by atoms with Crippen LogP contribution in [-0.4, -0.2) is 58.1 Å². The fraction of sp³-hybridized carbons (Fsp3) is 0.556. The number of nitrogens with zero attached hydrogens (tertiary/aromatic N) is 1. The Morgan fingerprint density at radius 3 is 3.00 bits per heavy atom. The highest BCUT2D eigenvalue weighted by Crippen LogP contribution is 2.41. The molecule has 4 rings (SSSR count). The standard InChI is InChI=1S/C18H22N2O4/c21-14-6-13-8-20(10-18(13,24)7-14)9-16(22)12-1-3-15-11(5-12)2-4-17(23)19-15/h1,3,5,13-14,21,24H,2,4,6-10H2,(H,19,23)/t13-,14-,18-/m1/s1. The molecule has 1 saturated heterocycles. The number of hydrogen-bond donors (Lipinski definition) is 3. The largest absolute Gasteiger partial charge is 0.393 e. The highest BCUT2D eigenvalue weighted by Gasteiger charge is 2.51. The zero-order valence-electron chi connectivity index (χ0n) is 13.5. The number of fused-ring (bicyclic) bond motifs is 2. The summed E-state index contributed by atoms with van der Waals surface area (Å²) in [6.45, 7) is 1.38. The number of nitrogens with one attached hydrogen (secondary N) is 1. The van der Waals surface area contributed by atoms with E-state index in [-0.39, 0.29) is 24.2 Å². The lowest BCUT2D eigenvalue weighted by atomic mass is 9.95. The van der Waals surface area contributed by atoms with Crippen molar-refractivity contribution in [1.29, 1.82) is 0 Å². The molecular weight excluding hydrogens is 308 g/mol. The molecule has 1 aliphatic carbocycles. The fourth-order valence-electron chi connectivity index (χ4n) is 4.38. The van der Waals surface area contributed by atoms with Crippen molar-refractivity contribution < 1.29 is 19.8 Å². The summed E-state index contributed by atoms with van der Waals surface area (Å²) in [4.78, 5) is 26.0. The molecule has 0 spiro atoms. The normalized spacial score (nSPS) is 32.3. The lowest BCUT2D eigenvalue weighted by Crippen LogP contribution is -2.36. The van der Waals surface area contributed by atoms with E-state index in [1.165, 1.54) is 0 Å². The molecular formula is C18H22N2O4. The Morgan fingerprint density at radius 1 is 1.38 bits per heavy atom. The summed E-state index contributed by atoms with van der Waals surface area (Å²) in [6.07, 6.45) is 1.70. The number of aliphatic hydroxyl groups excluding tert-OH is 1. The molecule has 6 heteroatoms. The fourth-order valence-corrected chi connectivity index (χ4v) is 4.38. The molecule has 3 N–H and O–H groups in total. The van der Waals surface area contributed by atoms with Crippen LogP contribution in [0.4, 0.5) is 5.69 Å². The van der Waals surface area contributed by atoms with Gasteiger partial charge in [-0.05, 0) is 36.6 Å². The van der Waals surface area contributed by atoms with E-state index in [9.17, 15) is 19.8 Å². The Kier molecular flexibility index (Phi) is 3.71. The minimum absolute atomic E-state index is 0.0145. The van der Waals surface area contributed by atoms with Crippen LogP contribution < -0.4 is 5.32 Å². The molecule has 1 saturated carbocycles. The minimum atomic E-state index is -0.847. The van der Waals surface area contributed by atoms with E-state index in [2.05, 4.69) is 5.32 Å². The average Bonchev–Trinajstić information content (AvgIpc) is 2.95. The van der Waals surface area contributed by atoms with Crippen LogP contribution >= 0.6 is 0 Å². The average molecular weight is 330 g/mol. The highest BCUT2D eigenvalue weighted by molar-refractivity contribution is 6.00. The van der Waals surface area contributed by atoms with E-state index in [4.69, 9.17) is 0 Å². The third-order valence-electron chi connectivity index (χ3n) is 5.57. The van der Waals surface area contributed by atoms with Crippen LogP contribution in [-0.2, 0) is 11.2 Å². The van der Waals surface area contributed by atoms with Crippen molar-refractivity contribution >= 4 is 17.4 Å². The van der Waals surface area contributed by atoms with Gasteiger partial charge in [0.2, 0.25) is 5.91 Å². The number of amides is 1. The maximum atomic E-state index is 12.6. The smallest absolute Gasteiger partial charge is 0.224 e. The number of rotatable bonds is 3. The second kappa shape index (κ2) is 5.65. The van der Waals surface area contributed by atoms with Crippen LogP contribution in [0.3, 0.4) is 0 Å². The first kappa shape index (κ1) is 15.7. The molecule has 2 fully saturated rings. The molecule has 3 aliphatic rings. The van der Waals surface area contributed by atoms with Gasteiger partial charge in [-0.25, -0.2) is 0 Å². The molecule has 6 nitrogen and oxygen atoms in total. The van der Waals surface area contributed by atoms with E-state index < -0.39 is 11.7 Å².